The van der Waals surface area contributed by atoms with Crippen LogP contribution in [0.4, 0.5) is 0 Å². The predicted molar refractivity (Wildman–Crippen MR) is 201 cm³/mol. The standard InChI is InChI=1S/C39H76NO8P/c1-3-5-7-9-11-13-15-17-18-19-20-21-23-25-27-29-31-38(42)40-33-34-47-49(44,45)48-36-37(41)35-46-39(43)32-30-28-26-24-22-16-14-12-10-8-6-4-2/h12,14,37,41H,3-11,13,15-36H2,1-2H3,(H,40,42)(H,44,45)/b14-12-. The molecule has 0 aliphatic heterocycles. The summed E-state index contributed by atoms with van der Waals surface area (Å²) in [5.74, 6) is -0.520. The largest absolute Gasteiger partial charge is 0.472 e. The van der Waals surface area contributed by atoms with Crippen molar-refractivity contribution in [1.82, 2.24) is 5.32 Å². The average Bonchev–Trinajstić information content (AvgIpc) is 3.08. The second kappa shape index (κ2) is 36.5. The monoisotopic (exact) mass is 718 g/mol. The molecule has 2 unspecified atom stereocenters. The fourth-order valence-electron chi connectivity index (χ4n) is 5.61. The first kappa shape index (κ1) is 47.8. The first-order valence-corrected chi connectivity index (χ1v) is 21.7. The van der Waals surface area contributed by atoms with E-state index in [-0.39, 0.29) is 32.1 Å². The van der Waals surface area contributed by atoms with Crippen molar-refractivity contribution >= 4 is 19.7 Å². The van der Waals surface area contributed by atoms with Gasteiger partial charge in [-0.25, -0.2) is 4.57 Å². The zero-order valence-electron chi connectivity index (χ0n) is 31.7. The molecule has 0 rings (SSSR count). The Morgan fingerprint density at radius 3 is 1.57 bits per heavy atom. The Morgan fingerprint density at radius 1 is 0.612 bits per heavy atom. The van der Waals surface area contributed by atoms with Crippen LogP contribution in [0.15, 0.2) is 12.2 Å². The fourth-order valence-corrected chi connectivity index (χ4v) is 6.37. The lowest BCUT2D eigenvalue weighted by Gasteiger charge is -2.15. The van der Waals surface area contributed by atoms with E-state index < -0.39 is 26.5 Å². The molecule has 0 aromatic carbocycles. The zero-order chi connectivity index (χ0) is 36.1. The molecule has 10 heteroatoms. The highest BCUT2D eigenvalue weighted by molar-refractivity contribution is 7.47. The molecule has 0 heterocycles. The fraction of sp³-hybridized carbons (Fsp3) is 0.897. The van der Waals surface area contributed by atoms with E-state index in [2.05, 4.69) is 31.3 Å². The summed E-state index contributed by atoms with van der Waals surface area (Å²) in [6.07, 6.45) is 35.7. The van der Waals surface area contributed by atoms with Crippen molar-refractivity contribution in [1.29, 1.82) is 0 Å². The second-order valence-corrected chi connectivity index (χ2v) is 15.1. The van der Waals surface area contributed by atoms with Crippen LogP contribution in [0.3, 0.4) is 0 Å². The Balaban J connectivity index is 3.59. The van der Waals surface area contributed by atoms with Crippen molar-refractivity contribution in [2.24, 2.45) is 0 Å². The molecule has 49 heavy (non-hydrogen) atoms. The number of unbranched alkanes of at least 4 members (excludes halogenated alkanes) is 23. The summed E-state index contributed by atoms with van der Waals surface area (Å²) in [5, 5.41) is 12.6. The Hall–Kier alpha value is -1.25. The number of hydrogen-bond donors (Lipinski definition) is 3. The molecule has 0 aromatic heterocycles. The minimum atomic E-state index is -4.41. The lowest BCUT2D eigenvalue weighted by Crippen LogP contribution is -2.27. The highest BCUT2D eigenvalue weighted by atomic mass is 31.2. The summed E-state index contributed by atoms with van der Waals surface area (Å²) >= 11 is 0. The predicted octanol–water partition coefficient (Wildman–Crippen LogP) is 10.7. The number of aliphatic hydroxyl groups excluding tert-OH is 1. The maximum absolute atomic E-state index is 12.1. The van der Waals surface area contributed by atoms with Gasteiger partial charge in [0.2, 0.25) is 5.91 Å². The first-order chi connectivity index (χ1) is 23.8. The zero-order valence-corrected chi connectivity index (χ0v) is 32.5. The molecule has 1 amide bonds. The molecule has 290 valence electrons. The number of carbonyl (C=O) groups excluding carboxylic acids is 2. The molecule has 0 bridgehead atoms. The van der Waals surface area contributed by atoms with E-state index in [0.717, 1.165) is 57.8 Å². The number of phosphoric acid groups is 1. The van der Waals surface area contributed by atoms with E-state index in [1.54, 1.807) is 0 Å². The number of carbonyl (C=O) groups is 2. The molecule has 2 atom stereocenters. The number of amides is 1. The van der Waals surface area contributed by atoms with Crippen LogP contribution in [-0.2, 0) is 27.9 Å². The van der Waals surface area contributed by atoms with Crippen molar-refractivity contribution in [3.63, 3.8) is 0 Å². The number of hydrogen-bond acceptors (Lipinski definition) is 7. The lowest BCUT2D eigenvalue weighted by atomic mass is 10.0. The van der Waals surface area contributed by atoms with Crippen molar-refractivity contribution in [2.45, 2.75) is 200 Å². The summed E-state index contributed by atoms with van der Waals surface area (Å²) in [5.41, 5.74) is 0. The van der Waals surface area contributed by atoms with Crippen LogP contribution in [0, 0.1) is 0 Å². The third-order valence-electron chi connectivity index (χ3n) is 8.70. The van der Waals surface area contributed by atoms with E-state index in [1.807, 2.05) is 0 Å². The van der Waals surface area contributed by atoms with Crippen molar-refractivity contribution in [3.8, 4) is 0 Å². The van der Waals surface area contributed by atoms with Crippen LogP contribution in [0.5, 0.6) is 0 Å². The first-order valence-electron chi connectivity index (χ1n) is 20.2. The minimum absolute atomic E-state index is 0.0853. The summed E-state index contributed by atoms with van der Waals surface area (Å²) in [6.45, 7) is 3.53. The van der Waals surface area contributed by atoms with E-state index in [0.29, 0.717) is 6.42 Å². The number of phosphoric ester groups is 1. The minimum Gasteiger partial charge on any atom is -0.463 e. The van der Waals surface area contributed by atoms with Gasteiger partial charge in [-0.2, -0.15) is 0 Å². The second-order valence-electron chi connectivity index (χ2n) is 13.6. The Labute approximate surface area is 300 Å². The Bertz CT molecular complexity index is 825. The Kier molecular flexibility index (Phi) is 35.6. The van der Waals surface area contributed by atoms with Crippen LogP contribution in [-0.4, -0.2) is 54.3 Å². The molecule has 0 aromatic rings. The number of nitrogens with one attached hydrogen (secondary N) is 1. The van der Waals surface area contributed by atoms with E-state index in [4.69, 9.17) is 13.8 Å². The number of esters is 1. The summed E-state index contributed by atoms with van der Waals surface area (Å²) in [7, 11) is -4.41. The van der Waals surface area contributed by atoms with Gasteiger partial charge >= 0.3 is 13.8 Å². The number of allylic oxidation sites excluding steroid dienone is 2. The molecule has 0 aliphatic rings. The van der Waals surface area contributed by atoms with Gasteiger partial charge in [0.15, 0.2) is 0 Å². The van der Waals surface area contributed by atoms with Crippen LogP contribution in [0.1, 0.15) is 194 Å². The summed E-state index contributed by atoms with van der Waals surface area (Å²) in [6, 6.07) is 0. The van der Waals surface area contributed by atoms with Crippen LogP contribution in [0.2, 0.25) is 0 Å². The average molecular weight is 718 g/mol. The molecular formula is C39H76NO8P. The lowest BCUT2D eigenvalue weighted by molar-refractivity contribution is -0.147. The molecule has 0 aliphatic carbocycles. The third-order valence-corrected chi connectivity index (χ3v) is 9.68. The molecule has 0 radical (unpaired) electrons. The highest BCUT2D eigenvalue weighted by Crippen LogP contribution is 2.42. The third kappa shape index (κ3) is 37.8. The summed E-state index contributed by atoms with van der Waals surface area (Å²) < 4.78 is 26.8. The quantitative estimate of drug-likeness (QED) is 0.0249. The van der Waals surface area contributed by atoms with Gasteiger partial charge in [0.05, 0.1) is 13.2 Å². The summed E-state index contributed by atoms with van der Waals surface area (Å²) in [4.78, 5) is 33.8. The molecule has 0 saturated heterocycles. The molecule has 0 saturated carbocycles. The Morgan fingerprint density at radius 2 is 1.04 bits per heavy atom. The van der Waals surface area contributed by atoms with Gasteiger partial charge < -0.3 is 20.1 Å². The van der Waals surface area contributed by atoms with Crippen molar-refractivity contribution in [2.75, 3.05) is 26.4 Å². The topological polar surface area (TPSA) is 131 Å². The van der Waals surface area contributed by atoms with E-state index in [1.165, 1.54) is 109 Å². The van der Waals surface area contributed by atoms with Gasteiger partial charge in [0.1, 0.15) is 12.7 Å². The number of ether oxygens (including phenoxy) is 1. The molecule has 3 N–H and O–H groups in total. The van der Waals surface area contributed by atoms with Crippen LogP contribution in [0.25, 0.3) is 0 Å². The molecule has 9 nitrogen and oxygen atoms in total. The number of rotatable bonds is 38. The normalized spacial score (nSPS) is 13.5. The van der Waals surface area contributed by atoms with Gasteiger partial charge in [-0.1, -0.05) is 154 Å². The van der Waals surface area contributed by atoms with E-state index in [9.17, 15) is 24.2 Å². The molecule has 0 fully saturated rings. The van der Waals surface area contributed by atoms with Gasteiger partial charge in [-0.15, -0.1) is 0 Å². The van der Waals surface area contributed by atoms with E-state index >= 15 is 0 Å². The van der Waals surface area contributed by atoms with Gasteiger partial charge in [-0.05, 0) is 38.5 Å². The smallest absolute Gasteiger partial charge is 0.463 e. The molecular weight excluding hydrogens is 641 g/mol. The SMILES string of the molecule is CCCCC/C=C\CCCCCCCC(=O)OCC(O)COP(=O)(O)OCCNC(=O)CCCCCCCCCCCCCCCCCC. The van der Waals surface area contributed by atoms with Crippen LogP contribution >= 0.6 is 7.82 Å². The maximum atomic E-state index is 12.1. The maximum Gasteiger partial charge on any atom is 0.472 e. The van der Waals surface area contributed by atoms with Gasteiger partial charge in [0, 0.05) is 19.4 Å². The van der Waals surface area contributed by atoms with Crippen LogP contribution < -0.4 is 5.32 Å². The number of aliphatic hydroxyl groups is 1. The van der Waals surface area contributed by atoms with Gasteiger partial charge in [-0.3, -0.25) is 18.6 Å². The van der Waals surface area contributed by atoms with Gasteiger partial charge in [0.25, 0.3) is 0 Å². The highest BCUT2D eigenvalue weighted by Gasteiger charge is 2.23. The molecule has 0 spiro atoms. The van der Waals surface area contributed by atoms with Crippen molar-refractivity contribution in [3.05, 3.63) is 12.2 Å². The van der Waals surface area contributed by atoms with Crippen molar-refractivity contribution < 1.29 is 37.9 Å².